The highest BCUT2D eigenvalue weighted by Gasteiger charge is 2.13. The number of hydrogen-bond donors (Lipinski definition) is 1. The van der Waals surface area contributed by atoms with Gasteiger partial charge in [0.05, 0.1) is 36.7 Å². The third kappa shape index (κ3) is 3.60. The Morgan fingerprint density at radius 1 is 1.43 bits per heavy atom. The monoisotopic (exact) mass is 286 g/mol. The molecule has 0 bridgehead atoms. The van der Waals surface area contributed by atoms with Gasteiger partial charge in [0.2, 0.25) is 0 Å². The van der Waals surface area contributed by atoms with E-state index >= 15 is 0 Å². The van der Waals surface area contributed by atoms with Gasteiger partial charge < -0.3 is 9.67 Å². The average Bonchev–Trinajstić information content (AvgIpc) is 2.80. The first-order chi connectivity index (χ1) is 10.2. The van der Waals surface area contributed by atoms with Crippen LogP contribution >= 0.6 is 0 Å². The number of imidazole rings is 1. The lowest BCUT2D eigenvalue weighted by atomic mass is 10.2. The van der Waals surface area contributed by atoms with Crippen molar-refractivity contribution in [2.24, 2.45) is 0 Å². The fourth-order valence-corrected chi connectivity index (χ4v) is 2.51. The SMILES string of the molecule is CCN(CCO)Cc1nc2cc(C)ccc2n1CCC#N. The van der Waals surface area contributed by atoms with Gasteiger partial charge >= 0.3 is 0 Å². The Labute approximate surface area is 125 Å². The first kappa shape index (κ1) is 15.5. The van der Waals surface area contributed by atoms with Crippen molar-refractivity contribution in [1.82, 2.24) is 14.5 Å². The molecule has 0 aliphatic carbocycles. The van der Waals surface area contributed by atoms with Crippen LogP contribution in [0.3, 0.4) is 0 Å². The van der Waals surface area contributed by atoms with Crippen LogP contribution < -0.4 is 0 Å². The second kappa shape index (κ2) is 7.21. The van der Waals surface area contributed by atoms with Crippen LogP contribution in [-0.2, 0) is 13.1 Å². The predicted molar refractivity (Wildman–Crippen MR) is 82.7 cm³/mol. The van der Waals surface area contributed by atoms with Crippen molar-refractivity contribution in [3.05, 3.63) is 29.6 Å². The summed E-state index contributed by atoms with van der Waals surface area (Å²) in [6, 6.07) is 8.41. The number of nitriles is 1. The maximum Gasteiger partial charge on any atom is 0.124 e. The summed E-state index contributed by atoms with van der Waals surface area (Å²) in [5.41, 5.74) is 3.23. The molecule has 5 heteroatoms. The molecule has 21 heavy (non-hydrogen) atoms. The molecule has 0 saturated carbocycles. The van der Waals surface area contributed by atoms with Crippen molar-refractivity contribution in [2.75, 3.05) is 19.7 Å². The van der Waals surface area contributed by atoms with E-state index in [9.17, 15) is 0 Å². The van der Waals surface area contributed by atoms with Gasteiger partial charge in [-0.15, -0.1) is 0 Å². The fourth-order valence-electron chi connectivity index (χ4n) is 2.51. The highest BCUT2D eigenvalue weighted by molar-refractivity contribution is 5.76. The molecular weight excluding hydrogens is 264 g/mol. The van der Waals surface area contributed by atoms with Crippen LogP contribution in [0.25, 0.3) is 11.0 Å². The van der Waals surface area contributed by atoms with Crippen LogP contribution in [0.1, 0.15) is 24.7 Å². The molecule has 0 spiro atoms. The van der Waals surface area contributed by atoms with Gasteiger partial charge in [-0.25, -0.2) is 4.98 Å². The molecule has 112 valence electrons. The number of likely N-dealkylation sites (N-methyl/N-ethyl adjacent to an activating group) is 1. The van der Waals surface area contributed by atoms with Gasteiger partial charge in [-0.3, -0.25) is 4.90 Å². The molecule has 0 aliphatic rings. The lowest BCUT2D eigenvalue weighted by Gasteiger charge is -2.19. The van der Waals surface area contributed by atoms with E-state index in [0.717, 1.165) is 23.4 Å². The number of nitrogens with zero attached hydrogens (tertiary/aromatic N) is 4. The van der Waals surface area contributed by atoms with Crippen LogP contribution in [0.5, 0.6) is 0 Å². The molecule has 1 aromatic carbocycles. The van der Waals surface area contributed by atoms with Gasteiger partial charge in [-0.1, -0.05) is 13.0 Å². The zero-order valence-electron chi connectivity index (χ0n) is 12.7. The molecule has 0 unspecified atom stereocenters. The molecule has 1 N–H and O–H groups in total. The molecule has 5 nitrogen and oxygen atoms in total. The zero-order valence-corrected chi connectivity index (χ0v) is 12.7. The number of aryl methyl sites for hydroxylation is 2. The summed E-state index contributed by atoms with van der Waals surface area (Å²) < 4.78 is 2.12. The summed E-state index contributed by atoms with van der Waals surface area (Å²) in [7, 11) is 0. The maximum absolute atomic E-state index is 9.12. The van der Waals surface area contributed by atoms with Crippen molar-refractivity contribution in [3.63, 3.8) is 0 Å². The number of rotatable bonds is 7. The number of benzene rings is 1. The number of fused-ring (bicyclic) bond motifs is 1. The summed E-state index contributed by atoms with van der Waals surface area (Å²) in [4.78, 5) is 6.88. The highest BCUT2D eigenvalue weighted by Crippen LogP contribution is 2.19. The van der Waals surface area contributed by atoms with Crippen LogP contribution in [0.4, 0.5) is 0 Å². The molecule has 1 heterocycles. The Bertz CT molecular complexity index is 641. The maximum atomic E-state index is 9.12. The highest BCUT2D eigenvalue weighted by atomic mass is 16.3. The third-order valence-electron chi connectivity index (χ3n) is 3.66. The third-order valence-corrected chi connectivity index (χ3v) is 3.66. The van der Waals surface area contributed by atoms with E-state index in [-0.39, 0.29) is 6.61 Å². The second-order valence-electron chi connectivity index (χ2n) is 5.17. The molecule has 0 fully saturated rings. The first-order valence-corrected chi connectivity index (χ1v) is 7.35. The van der Waals surface area contributed by atoms with E-state index in [0.29, 0.717) is 26.1 Å². The Balaban J connectivity index is 2.38. The smallest absolute Gasteiger partial charge is 0.124 e. The van der Waals surface area contributed by atoms with Crippen LogP contribution in [-0.4, -0.2) is 39.3 Å². The second-order valence-corrected chi connectivity index (χ2v) is 5.17. The molecule has 2 aromatic rings. The van der Waals surface area contributed by atoms with E-state index < -0.39 is 0 Å². The molecule has 0 saturated heterocycles. The topological polar surface area (TPSA) is 65.1 Å². The van der Waals surface area contributed by atoms with Gasteiger partial charge in [0, 0.05) is 13.1 Å². The normalized spacial score (nSPS) is 11.2. The van der Waals surface area contributed by atoms with Crippen LogP contribution in [0.15, 0.2) is 18.2 Å². The standard InChI is InChI=1S/C16H22N4O/c1-3-19(9-10-21)12-16-18-14-11-13(2)5-6-15(14)20(16)8-4-7-17/h5-6,11,21H,3-4,8-10,12H2,1-2H3. The molecule has 0 atom stereocenters. The van der Waals surface area contributed by atoms with Crippen molar-refractivity contribution in [2.45, 2.75) is 33.4 Å². The number of aliphatic hydroxyl groups excluding tert-OH is 1. The number of aromatic nitrogens is 2. The van der Waals surface area contributed by atoms with Gasteiger partial charge in [-0.05, 0) is 31.2 Å². The van der Waals surface area contributed by atoms with Crippen molar-refractivity contribution in [3.8, 4) is 6.07 Å². The molecular formula is C16H22N4O. The summed E-state index contributed by atoms with van der Waals surface area (Å²) >= 11 is 0. The van der Waals surface area contributed by atoms with Crippen LogP contribution in [0.2, 0.25) is 0 Å². The lowest BCUT2D eigenvalue weighted by Crippen LogP contribution is -2.27. The average molecular weight is 286 g/mol. The quantitative estimate of drug-likeness (QED) is 0.846. The van der Waals surface area contributed by atoms with E-state index in [1.54, 1.807) is 0 Å². The Hall–Kier alpha value is -1.90. The van der Waals surface area contributed by atoms with E-state index in [4.69, 9.17) is 15.4 Å². The van der Waals surface area contributed by atoms with Gasteiger partial charge in [0.25, 0.3) is 0 Å². The number of aliphatic hydroxyl groups is 1. The predicted octanol–water partition coefficient (Wildman–Crippen LogP) is 2.07. The van der Waals surface area contributed by atoms with Gasteiger partial charge in [-0.2, -0.15) is 5.26 Å². The minimum absolute atomic E-state index is 0.144. The fraction of sp³-hybridized carbons (Fsp3) is 0.500. The minimum atomic E-state index is 0.144. The van der Waals surface area contributed by atoms with E-state index in [2.05, 4.69) is 47.6 Å². The van der Waals surface area contributed by atoms with E-state index in [1.165, 1.54) is 5.56 Å². The van der Waals surface area contributed by atoms with Crippen molar-refractivity contribution >= 4 is 11.0 Å². The molecule has 0 aliphatic heterocycles. The largest absolute Gasteiger partial charge is 0.395 e. The first-order valence-electron chi connectivity index (χ1n) is 7.35. The molecule has 1 aromatic heterocycles. The zero-order chi connectivity index (χ0) is 15.2. The Morgan fingerprint density at radius 2 is 2.24 bits per heavy atom. The van der Waals surface area contributed by atoms with Gasteiger partial charge in [0.15, 0.2) is 0 Å². The summed E-state index contributed by atoms with van der Waals surface area (Å²) in [6.45, 7) is 7.11. The van der Waals surface area contributed by atoms with E-state index in [1.807, 2.05) is 0 Å². The molecule has 0 amide bonds. The van der Waals surface area contributed by atoms with Crippen molar-refractivity contribution < 1.29 is 5.11 Å². The lowest BCUT2D eigenvalue weighted by molar-refractivity contribution is 0.192. The summed E-state index contributed by atoms with van der Waals surface area (Å²) in [5.74, 6) is 0.959. The summed E-state index contributed by atoms with van der Waals surface area (Å²) in [6.07, 6.45) is 0.471. The van der Waals surface area contributed by atoms with Gasteiger partial charge in [0.1, 0.15) is 5.82 Å². The Kier molecular flexibility index (Phi) is 5.32. The Morgan fingerprint density at radius 3 is 2.90 bits per heavy atom. The summed E-state index contributed by atoms with van der Waals surface area (Å²) in [5, 5.41) is 18.0. The van der Waals surface area contributed by atoms with Crippen molar-refractivity contribution in [1.29, 1.82) is 5.26 Å². The molecule has 0 radical (unpaired) electrons. The molecule has 2 rings (SSSR count). The van der Waals surface area contributed by atoms with Crippen LogP contribution in [0, 0.1) is 18.3 Å². The number of hydrogen-bond acceptors (Lipinski definition) is 4. The minimum Gasteiger partial charge on any atom is -0.395 e.